The molecule has 0 unspecified atom stereocenters. The van der Waals surface area contributed by atoms with Crippen LogP contribution in [-0.4, -0.2) is 43.0 Å². The van der Waals surface area contributed by atoms with Gasteiger partial charge in [0.2, 0.25) is 10.0 Å². The zero-order chi connectivity index (χ0) is 17.1. The molecule has 0 aliphatic carbocycles. The summed E-state index contributed by atoms with van der Waals surface area (Å²) in [4.78, 5) is 11.4. The first-order valence-corrected chi connectivity index (χ1v) is 8.18. The number of nitrogens with zero attached hydrogens (tertiary/aromatic N) is 2. The first-order valence-electron chi connectivity index (χ1n) is 6.69. The van der Waals surface area contributed by atoms with Crippen molar-refractivity contribution in [1.29, 1.82) is 0 Å². The third-order valence-corrected chi connectivity index (χ3v) is 4.28. The predicted octanol–water partition coefficient (Wildman–Crippen LogP) is 0.114. The Bertz CT molecular complexity index is 645. The van der Waals surface area contributed by atoms with E-state index in [1.807, 2.05) is 0 Å². The number of nitrogens with two attached hydrogens (primary N) is 1. The van der Waals surface area contributed by atoms with Gasteiger partial charge in [0.15, 0.2) is 5.82 Å². The third-order valence-electron chi connectivity index (χ3n) is 2.66. The molecule has 10 heteroatoms. The van der Waals surface area contributed by atoms with Crippen molar-refractivity contribution >= 4 is 21.9 Å². The van der Waals surface area contributed by atoms with Crippen molar-refractivity contribution < 1.29 is 17.9 Å². The highest BCUT2D eigenvalue weighted by Gasteiger charge is 2.24. The molecule has 22 heavy (non-hydrogen) atoms. The second-order valence-corrected chi connectivity index (χ2v) is 7.45. The van der Waals surface area contributed by atoms with Crippen LogP contribution in [0.4, 0.5) is 10.6 Å². The highest BCUT2D eigenvalue weighted by molar-refractivity contribution is 7.89. The number of aryl methyl sites for hydroxylation is 1. The van der Waals surface area contributed by atoms with E-state index in [1.54, 1.807) is 34.7 Å². The normalized spacial score (nSPS) is 12.2. The monoisotopic (exact) mass is 333 g/mol. The van der Waals surface area contributed by atoms with E-state index in [9.17, 15) is 13.2 Å². The highest BCUT2D eigenvalue weighted by atomic mass is 32.2. The van der Waals surface area contributed by atoms with Gasteiger partial charge < -0.3 is 15.8 Å². The molecule has 1 aromatic rings. The summed E-state index contributed by atoms with van der Waals surface area (Å²) in [6, 6.07) is 0. The molecule has 1 heterocycles. The number of nitrogen functional groups attached to an aromatic ring is 1. The molecule has 126 valence electrons. The number of ether oxygens (including phenoxy) is 1. The standard InChI is InChI=1S/C12H23N5O4S/c1-8-9(10(13)16-17(8)5)22(19,20)15-7-6-14-11(18)21-12(2,3)4/h15H,6-7H2,1-5H3,(H2,13,16)(H,14,18). The van der Waals surface area contributed by atoms with Crippen LogP contribution in [0.15, 0.2) is 4.90 Å². The van der Waals surface area contributed by atoms with E-state index in [0.717, 1.165) is 0 Å². The summed E-state index contributed by atoms with van der Waals surface area (Å²) < 4.78 is 33.1. The van der Waals surface area contributed by atoms with Crippen LogP contribution in [0.1, 0.15) is 26.5 Å². The molecule has 0 atom stereocenters. The number of hydrogen-bond donors (Lipinski definition) is 3. The predicted molar refractivity (Wildman–Crippen MR) is 81.8 cm³/mol. The van der Waals surface area contributed by atoms with Crippen LogP contribution in [-0.2, 0) is 21.8 Å². The van der Waals surface area contributed by atoms with E-state index >= 15 is 0 Å². The maximum Gasteiger partial charge on any atom is 0.407 e. The average Bonchev–Trinajstić information content (AvgIpc) is 2.57. The van der Waals surface area contributed by atoms with Crippen molar-refractivity contribution in [2.24, 2.45) is 7.05 Å². The Balaban J connectivity index is 2.56. The van der Waals surface area contributed by atoms with E-state index in [0.29, 0.717) is 5.69 Å². The summed E-state index contributed by atoms with van der Waals surface area (Å²) in [6.07, 6.45) is -0.608. The van der Waals surface area contributed by atoms with Gasteiger partial charge in [0.05, 0.1) is 5.69 Å². The number of carbonyl (C=O) groups is 1. The van der Waals surface area contributed by atoms with Crippen LogP contribution in [0.2, 0.25) is 0 Å². The Morgan fingerprint density at radius 1 is 1.36 bits per heavy atom. The summed E-state index contributed by atoms with van der Waals surface area (Å²) in [7, 11) is -2.18. The number of amides is 1. The Labute approximate surface area is 130 Å². The van der Waals surface area contributed by atoms with Gasteiger partial charge in [-0.3, -0.25) is 4.68 Å². The molecule has 1 rings (SSSR count). The maximum atomic E-state index is 12.2. The fourth-order valence-electron chi connectivity index (χ4n) is 1.68. The van der Waals surface area contributed by atoms with Crippen LogP contribution in [0, 0.1) is 6.92 Å². The van der Waals surface area contributed by atoms with Gasteiger partial charge in [-0.05, 0) is 27.7 Å². The summed E-state index contributed by atoms with van der Waals surface area (Å²) in [5.41, 5.74) is 5.44. The fourth-order valence-corrected chi connectivity index (χ4v) is 3.04. The van der Waals surface area contributed by atoms with E-state index in [2.05, 4.69) is 15.1 Å². The van der Waals surface area contributed by atoms with Gasteiger partial charge in [-0.25, -0.2) is 17.9 Å². The van der Waals surface area contributed by atoms with Crippen molar-refractivity contribution in [1.82, 2.24) is 19.8 Å². The summed E-state index contributed by atoms with van der Waals surface area (Å²) in [5, 5.41) is 6.32. The van der Waals surface area contributed by atoms with E-state index in [1.165, 1.54) is 4.68 Å². The van der Waals surface area contributed by atoms with Gasteiger partial charge in [0, 0.05) is 20.1 Å². The van der Waals surface area contributed by atoms with Crippen molar-refractivity contribution in [3.05, 3.63) is 5.69 Å². The molecule has 0 aromatic carbocycles. The van der Waals surface area contributed by atoms with Crippen molar-refractivity contribution in [3.63, 3.8) is 0 Å². The molecular formula is C12H23N5O4S. The number of hydrogen-bond acceptors (Lipinski definition) is 6. The number of sulfonamides is 1. The lowest BCUT2D eigenvalue weighted by Gasteiger charge is -2.19. The SMILES string of the molecule is Cc1c(S(=O)(=O)NCCNC(=O)OC(C)(C)C)c(N)nn1C. The number of aromatic nitrogens is 2. The second-order valence-electron chi connectivity index (χ2n) is 5.75. The summed E-state index contributed by atoms with van der Waals surface area (Å²) in [6.45, 7) is 6.93. The number of rotatable bonds is 5. The Hall–Kier alpha value is -1.81. The maximum absolute atomic E-state index is 12.2. The van der Waals surface area contributed by atoms with Gasteiger partial charge in [0.25, 0.3) is 0 Å². The number of alkyl carbamates (subject to hydrolysis) is 1. The molecule has 1 amide bonds. The Morgan fingerprint density at radius 2 is 1.95 bits per heavy atom. The van der Waals surface area contributed by atoms with Crippen molar-refractivity contribution in [2.75, 3.05) is 18.8 Å². The van der Waals surface area contributed by atoms with Crippen molar-refractivity contribution in [2.45, 2.75) is 38.2 Å². The number of nitrogens with one attached hydrogen (secondary N) is 2. The second kappa shape index (κ2) is 6.53. The fraction of sp³-hybridized carbons (Fsp3) is 0.667. The van der Waals surface area contributed by atoms with E-state index < -0.39 is 21.7 Å². The first-order chi connectivity index (χ1) is 9.94. The minimum absolute atomic E-state index is 0.00928. The lowest BCUT2D eigenvalue weighted by molar-refractivity contribution is 0.0529. The van der Waals surface area contributed by atoms with Gasteiger partial charge >= 0.3 is 6.09 Å². The van der Waals surface area contributed by atoms with Crippen LogP contribution < -0.4 is 15.8 Å². The molecule has 0 fully saturated rings. The Morgan fingerprint density at radius 3 is 2.41 bits per heavy atom. The molecule has 0 spiro atoms. The minimum Gasteiger partial charge on any atom is -0.444 e. The molecule has 1 aromatic heterocycles. The number of carbonyl (C=O) groups excluding carboxylic acids is 1. The van der Waals surface area contributed by atoms with Gasteiger partial charge in [-0.1, -0.05) is 0 Å². The zero-order valence-corrected chi connectivity index (χ0v) is 14.2. The molecule has 0 radical (unpaired) electrons. The topological polar surface area (TPSA) is 128 Å². The van der Waals surface area contributed by atoms with Crippen molar-refractivity contribution in [3.8, 4) is 0 Å². The molecule has 0 saturated heterocycles. The zero-order valence-electron chi connectivity index (χ0n) is 13.4. The summed E-state index contributed by atoms with van der Waals surface area (Å²) >= 11 is 0. The van der Waals surface area contributed by atoms with Crippen LogP contribution >= 0.6 is 0 Å². The average molecular weight is 333 g/mol. The smallest absolute Gasteiger partial charge is 0.407 e. The molecule has 0 aliphatic heterocycles. The van der Waals surface area contributed by atoms with Gasteiger partial charge in [-0.2, -0.15) is 5.10 Å². The minimum atomic E-state index is -3.78. The van der Waals surface area contributed by atoms with Gasteiger partial charge in [0.1, 0.15) is 10.5 Å². The molecular weight excluding hydrogens is 310 g/mol. The van der Waals surface area contributed by atoms with Gasteiger partial charge in [-0.15, -0.1) is 0 Å². The lowest BCUT2D eigenvalue weighted by atomic mass is 10.2. The number of anilines is 1. The third kappa shape index (κ3) is 4.88. The molecule has 9 nitrogen and oxygen atoms in total. The lowest BCUT2D eigenvalue weighted by Crippen LogP contribution is -2.38. The van der Waals surface area contributed by atoms with Crippen LogP contribution in [0.25, 0.3) is 0 Å². The van der Waals surface area contributed by atoms with E-state index in [-0.39, 0.29) is 23.8 Å². The largest absolute Gasteiger partial charge is 0.444 e. The summed E-state index contributed by atoms with van der Waals surface area (Å²) in [5.74, 6) is -0.0624. The molecule has 0 aliphatic rings. The van der Waals surface area contributed by atoms with Crippen LogP contribution in [0.3, 0.4) is 0 Å². The first kappa shape index (κ1) is 18.2. The highest BCUT2D eigenvalue weighted by Crippen LogP contribution is 2.20. The molecule has 4 N–H and O–H groups in total. The molecule has 0 saturated carbocycles. The Kier molecular flexibility index (Phi) is 5.41. The van der Waals surface area contributed by atoms with Crippen LogP contribution in [0.5, 0.6) is 0 Å². The van der Waals surface area contributed by atoms with E-state index in [4.69, 9.17) is 10.5 Å². The quantitative estimate of drug-likeness (QED) is 0.656. The molecule has 0 bridgehead atoms.